The summed E-state index contributed by atoms with van der Waals surface area (Å²) in [4.78, 5) is 29.6. The molecule has 12 heteroatoms. The Balaban J connectivity index is 1.58. The number of aromatic amines is 1. The normalized spacial score (nSPS) is 15.3. The van der Waals surface area contributed by atoms with Crippen LogP contribution in [0.5, 0.6) is 0 Å². The second kappa shape index (κ2) is 11.3. The van der Waals surface area contributed by atoms with Gasteiger partial charge in [-0.25, -0.2) is 13.4 Å². The number of sulfonamides is 1. The highest BCUT2D eigenvalue weighted by Crippen LogP contribution is 2.29. The van der Waals surface area contributed by atoms with E-state index >= 15 is 0 Å². The first kappa shape index (κ1) is 27.1. The van der Waals surface area contributed by atoms with E-state index in [4.69, 9.17) is 9.72 Å². The first-order chi connectivity index (χ1) is 18.8. The number of fused-ring (bicyclic) bond motifs is 1. The summed E-state index contributed by atoms with van der Waals surface area (Å²) >= 11 is 0. The first-order valence-electron chi connectivity index (χ1n) is 13.2. The van der Waals surface area contributed by atoms with Crippen LogP contribution in [0.25, 0.3) is 22.4 Å². The third-order valence-electron chi connectivity index (χ3n) is 7.34. The van der Waals surface area contributed by atoms with Gasteiger partial charge in [0.15, 0.2) is 5.52 Å². The number of ether oxygens (including phenoxy) is 1. The standard InChI is InChI=1S/C27H33N7O4S/c1-4-18-9-12-33(13-10-18)39(36,37)20-14-21(22(17-38-3)29-15-20)26-30-24-23(5-2)34(32-25(24)27(35)31-26)16-19-8-6-7-11-28-19/h6-8,11,14-15,18H,4-5,9-10,12-13,16-17H2,1-3H3,(H,30,31,35). The van der Waals surface area contributed by atoms with Gasteiger partial charge in [-0.15, -0.1) is 0 Å². The molecule has 0 bridgehead atoms. The van der Waals surface area contributed by atoms with Crippen molar-refractivity contribution in [3.63, 3.8) is 0 Å². The number of nitrogens with one attached hydrogen (secondary N) is 1. The number of pyridine rings is 2. The van der Waals surface area contributed by atoms with E-state index in [0.717, 1.165) is 30.7 Å². The summed E-state index contributed by atoms with van der Waals surface area (Å²) in [6.07, 6.45) is 6.38. The number of hydrogen-bond acceptors (Lipinski definition) is 8. The monoisotopic (exact) mass is 551 g/mol. The topological polar surface area (TPSA) is 136 Å². The second-order valence-electron chi connectivity index (χ2n) is 9.74. The van der Waals surface area contributed by atoms with Crippen LogP contribution in [-0.4, -0.2) is 62.6 Å². The summed E-state index contributed by atoms with van der Waals surface area (Å²) in [5.74, 6) is 0.766. The fraction of sp³-hybridized carbons (Fsp3) is 0.444. The highest BCUT2D eigenvalue weighted by Gasteiger charge is 2.30. The van der Waals surface area contributed by atoms with Crippen LogP contribution in [0.2, 0.25) is 0 Å². The van der Waals surface area contributed by atoms with E-state index in [2.05, 4.69) is 27.0 Å². The number of piperidine rings is 1. The molecule has 0 unspecified atom stereocenters. The Morgan fingerprint density at radius 2 is 1.92 bits per heavy atom. The molecule has 4 aromatic rings. The fourth-order valence-corrected chi connectivity index (χ4v) is 6.54. The van der Waals surface area contributed by atoms with Crippen molar-refractivity contribution in [1.29, 1.82) is 0 Å². The number of aryl methyl sites for hydroxylation is 1. The maximum atomic E-state index is 13.5. The summed E-state index contributed by atoms with van der Waals surface area (Å²) in [5.41, 5.74) is 2.74. The molecule has 4 aromatic heterocycles. The molecule has 1 saturated heterocycles. The molecule has 0 aliphatic carbocycles. The lowest BCUT2D eigenvalue weighted by Crippen LogP contribution is -2.38. The Kier molecular flexibility index (Phi) is 7.87. The molecule has 5 rings (SSSR count). The number of methoxy groups -OCH3 is 1. The van der Waals surface area contributed by atoms with Gasteiger partial charge in [-0.05, 0) is 43.4 Å². The van der Waals surface area contributed by atoms with Gasteiger partial charge >= 0.3 is 0 Å². The maximum absolute atomic E-state index is 13.5. The van der Waals surface area contributed by atoms with E-state index in [-0.39, 0.29) is 22.8 Å². The lowest BCUT2D eigenvalue weighted by atomic mass is 9.96. The quantitative estimate of drug-likeness (QED) is 0.335. The van der Waals surface area contributed by atoms with Crippen molar-refractivity contribution in [1.82, 2.24) is 34.0 Å². The van der Waals surface area contributed by atoms with Gasteiger partial charge in [-0.3, -0.25) is 19.4 Å². The van der Waals surface area contributed by atoms with Gasteiger partial charge in [0.05, 0.1) is 30.2 Å². The lowest BCUT2D eigenvalue weighted by molar-refractivity contribution is 0.182. The Morgan fingerprint density at radius 1 is 1.13 bits per heavy atom. The van der Waals surface area contributed by atoms with Gasteiger partial charge in [0.25, 0.3) is 5.56 Å². The smallest absolute Gasteiger partial charge is 0.279 e. The average Bonchev–Trinajstić information content (AvgIpc) is 3.31. The molecule has 0 atom stereocenters. The van der Waals surface area contributed by atoms with Crippen molar-refractivity contribution in [3.8, 4) is 11.4 Å². The largest absolute Gasteiger partial charge is 0.378 e. The molecule has 0 saturated carbocycles. The van der Waals surface area contributed by atoms with Crippen LogP contribution >= 0.6 is 0 Å². The number of nitrogens with zero attached hydrogens (tertiary/aromatic N) is 6. The van der Waals surface area contributed by atoms with E-state index in [1.807, 2.05) is 25.1 Å². The molecular weight excluding hydrogens is 518 g/mol. The van der Waals surface area contributed by atoms with Crippen LogP contribution in [0.4, 0.5) is 0 Å². The Morgan fingerprint density at radius 3 is 2.59 bits per heavy atom. The van der Waals surface area contributed by atoms with Gasteiger partial charge in [-0.1, -0.05) is 26.3 Å². The van der Waals surface area contributed by atoms with Gasteiger partial charge in [0.2, 0.25) is 10.0 Å². The molecule has 0 aromatic carbocycles. The summed E-state index contributed by atoms with van der Waals surface area (Å²) in [5, 5.41) is 4.53. The van der Waals surface area contributed by atoms with Crippen molar-refractivity contribution < 1.29 is 13.2 Å². The van der Waals surface area contributed by atoms with Crippen molar-refractivity contribution in [2.75, 3.05) is 20.2 Å². The Labute approximate surface area is 227 Å². The number of rotatable bonds is 9. The van der Waals surface area contributed by atoms with Gasteiger partial charge < -0.3 is 9.72 Å². The average molecular weight is 552 g/mol. The van der Waals surface area contributed by atoms with Crippen LogP contribution in [0.1, 0.15) is 50.2 Å². The van der Waals surface area contributed by atoms with Crippen LogP contribution in [0.15, 0.2) is 46.3 Å². The van der Waals surface area contributed by atoms with Gasteiger partial charge in [0, 0.05) is 38.2 Å². The van der Waals surface area contributed by atoms with Crippen molar-refractivity contribution in [3.05, 3.63) is 64.1 Å². The lowest BCUT2D eigenvalue weighted by Gasteiger charge is -2.30. The van der Waals surface area contributed by atoms with E-state index in [9.17, 15) is 13.2 Å². The number of aromatic nitrogens is 6. The van der Waals surface area contributed by atoms with E-state index in [1.165, 1.54) is 23.7 Å². The zero-order valence-corrected chi connectivity index (χ0v) is 23.2. The van der Waals surface area contributed by atoms with E-state index in [1.54, 1.807) is 10.9 Å². The van der Waals surface area contributed by atoms with Crippen molar-refractivity contribution >= 4 is 21.1 Å². The van der Waals surface area contributed by atoms with Gasteiger partial charge in [0.1, 0.15) is 16.2 Å². The number of hydrogen-bond donors (Lipinski definition) is 1. The minimum atomic E-state index is -3.76. The molecule has 206 valence electrons. The first-order valence-corrected chi connectivity index (χ1v) is 14.7. The molecule has 1 fully saturated rings. The molecule has 39 heavy (non-hydrogen) atoms. The van der Waals surface area contributed by atoms with Gasteiger partial charge in [-0.2, -0.15) is 9.40 Å². The van der Waals surface area contributed by atoms with Crippen LogP contribution < -0.4 is 5.56 Å². The molecule has 0 radical (unpaired) electrons. The maximum Gasteiger partial charge on any atom is 0.279 e. The molecule has 11 nitrogen and oxygen atoms in total. The predicted octanol–water partition coefficient (Wildman–Crippen LogP) is 3.14. The summed E-state index contributed by atoms with van der Waals surface area (Å²) in [6, 6.07) is 7.18. The van der Waals surface area contributed by atoms with Crippen molar-refractivity contribution in [2.24, 2.45) is 5.92 Å². The molecule has 1 aliphatic rings. The fourth-order valence-electron chi connectivity index (χ4n) is 5.10. The van der Waals surface area contributed by atoms with E-state index in [0.29, 0.717) is 48.7 Å². The molecule has 0 spiro atoms. The molecule has 5 heterocycles. The summed E-state index contributed by atoms with van der Waals surface area (Å²) in [7, 11) is -2.23. The predicted molar refractivity (Wildman–Crippen MR) is 147 cm³/mol. The SMILES string of the molecule is CCc1c2nc(-c3cc(S(=O)(=O)N4CCC(CC)CC4)cnc3COC)[nH]c(=O)c2nn1Cc1ccccn1. The van der Waals surface area contributed by atoms with E-state index < -0.39 is 15.6 Å². The zero-order valence-electron chi connectivity index (χ0n) is 22.4. The zero-order chi connectivity index (χ0) is 27.6. The third-order valence-corrected chi connectivity index (χ3v) is 9.21. The molecule has 1 N–H and O–H groups in total. The summed E-state index contributed by atoms with van der Waals surface area (Å²) in [6.45, 7) is 5.59. The highest BCUT2D eigenvalue weighted by atomic mass is 32.2. The van der Waals surface area contributed by atoms with Crippen molar-refractivity contribution in [2.45, 2.75) is 57.6 Å². The summed E-state index contributed by atoms with van der Waals surface area (Å²) < 4.78 is 35.7. The van der Waals surface area contributed by atoms with Crippen LogP contribution in [0, 0.1) is 5.92 Å². The Bertz CT molecular complexity index is 1630. The molecule has 0 amide bonds. The second-order valence-corrected chi connectivity index (χ2v) is 11.7. The minimum absolute atomic E-state index is 0.0663. The molecular formula is C27H33N7O4S. The van der Waals surface area contributed by atoms with Crippen LogP contribution in [-0.2, 0) is 34.3 Å². The minimum Gasteiger partial charge on any atom is -0.378 e. The molecule has 1 aliphatic heterocycles. The van der Waals surface area contributed by atoms with Crippen LogP contribution in [0.3, 0.4) is 0 Å². The highest BCUT2D eigenvalue weighted by molar-refractivity contribution is 7.89. The Hall–Kier alpha value is -3.48. The third kappa shape index (κ3) is 5.36. The number of H-pyrrole nitrogens is 1.